The normalized spacial score (nSPS) is 28.4. The van der Waals surface area contributed by atoms with Crippen LogP contribution in [0.4, 0.5) is 0 Å². The second-order valence-electron chi connectivity index (χ2n) is 6.22. The molecule has 1 aliphatic heterocycles. The lowest BCUT2D eigenvalue weighted by Crippen LogP contribution is -2.43. The quantitative estimate of drug-likeness (QED) is 0.884. The van der Waals surface area contributed by atoms with Crippen LogP contribution in [0.3, 0.4) is 0 Å². The van der Waals surface area contributed by atoms with Crippen LogP contribution in [0.15, 0.2) is 24.3 Å². The molecule has 2 atom stereocenters. The zero-order valence-corrected chi connectivity index (χ0v) is 12.2. The van der Waals surface area contributed by atoms with Crippen molar-refractivity contribution in [2.45, 2.75) is 45.1 Å². The summed E-state index contributed by atoms with van der Waals surface area (Å²) in [5, 5.41) is 6.69. The van der Waals surface area contributed by atoms with Gasteiger partial charge in [-0.3, -0.25) is 4.79 Å². The van der Waals surface area contributed by atoms with Crippen molar-refractivity contribution in [2.75, 3.05) is 13.1 Å². The highest BCUT2D eigenvalue weighted by atomic mass is 16.2. The molecule has 1 aliphatic carbocycles. The minimum absolute atomic E-state index is 0.174. The molecule has 0 spiro atoms. The second-order valence-corrected chi connectivity index (χ2v) is 6.22. The highest BCUT2D eigenvalue weighted by Gasteiger charge is 2.41. The van der Waals surface area contributed by atoms with Crippen molar-refractivity contribution in [2.24, 2.45) is 5.41 Å². The number of benzene rings is 1. The molecule has 3 nitrogen and oxygen atoms in total. The SMILES string of the molecule is CCCC1(C(=O)NC2CCc3ccccc32)CCNC1. The largest absolute Gasteiger partial charge is 0.349 e. The molecule has 108 valence electrons. The van der Waals surface area contributed by atoms with Gasteiger partial charge in [-0.05, 0) is 43.4 Å². The van der Waals surface area contributed by atoms with Gasteiger partial charge in [0.15, 0.2) is 0 Å². The van der Waals surface area contributed by atoms with Gasteiger partial charge in [-0.15, -0.1) is 0 Å². The molecule has 1 aromatic carbocycles. The Bertz CT molecular complexity index is 492. The zero-order valence-electron chi connectivity index (χ0n) is 12.2. The lowest BCUT2D eigenvalue weighted by Gasteiger charge is -2.28. The molecule has 2 unspecified atom stereocenters. The summed E-state index contributed by atoms with van der Waals surface area (Å²) in [7, 11) is 0. The predicted octanol–water partition coefficient (Wildman–Crippen LogP) is 2.57. The third kappa shape index (κ3) is 2.35. The van der Waals surface area contributed by atoms with Crippen LogP contribution in [0.25, 0.3) is 0 Å². The summed E-state index contributed by atoms with van der Waals surface area (Å²) >= 11 is 0. The topological polar surface area (TPSA) is 41.1 Å². The molecule has 2 N–H and O–H groups in total. The van der Waals surface area contributed by atoms with Gasteiger partial charge in [0.05, 0.1) is 11.5 Å². The molecule has 0 radical (unpaired) electrons. The van der Waals surface area contributed by atoms with Gasteiger partial charge in [0.2, 0.25) is 5.91 Å². The fourth-order valence-corrected chi connectivity index (χ4v) is 3.76. The molecular formula is C17H24N2O. The zero-order chi connectivity index (χ0) is 14.0. The molecule has 1 fully saturated rings. The summed E-state index contributed by atoms with van der Waals surface area (Å²) in [6.07, 6.45) is 5.15. The number of fused-ring (bicyclic) bond motifs is 1. The van der Waals surface area contributed by atoms with E-state index >= 15 is 0 Å². The van der Waals surface area contributed by atoms with E-state index in [2.05, 4.69) is 41.8 Å². The number of aryl methyl sites for hydroxylation is 1. The van der Waals surface area contributed by atoms with Crippen LogP contribution in [0.1, 0.15) is 49.8 Å². The maximum Gasteiger partial charge on any atom is 0.228 e. The van der Waals surface area contributed by atoms with E-state index in [0.29, 0.717) is 0 Å². The Morgan fingerprint density at radius 2 is 2.30 bits per heavy atom. The molecule has 2 aliphatic rings. The fourth-order valence-electron chi connectivity index (χ4n) is 3.76. The molecule has 3 heteroatoms. The van der Waals surface area contributed by atoms with Crippen LogP contribution in [0, 0.1) is 5.41 Å². The van der Waals surface area contributed by atoms with E-state index < -0.39 is 0 Å². The summed E-state index contributed by atoms with van der Waals surface area (Å²) in [6.45, 7) is 3.97. The molecule has 20 heavy (non-hydrogen) atoms. The first-order valence-corrected chi connectivity index (χ1v) is 7.85. The van der Waals surface area contributed by atoms with Gasteiger partial charge in [0, 0.05) is 6.54 Å². The fraction of sp³-hybridized carbons (Fsp3) is 0.588. The van der Waals surface area contributed by atoms with E-state index in [4.69, 9.17) is 0 Å². The van der Waals surface area contributed by atoms with Crippen molar-refractivity contribution in [1.29, 1.82) is 0 Å². The van der Waals surface area contributed by atoms with Crippen molar-refractivity contribution >= 4 is 5.91 Å². The molecule has 0 saturated carbocycles. The molecule has 1 aromatic rings. The minimum Gasteiger partial charge on any atom is -0.349 e. The summed E-state index contributed by atoms with van der Waals surface area (Å²) in [6, 6.07) is 8.71. The Morgan fingerprint density at radius 1 is 1.45 bits per heavy atom. The van der Waals surface area contributed by atoms with Crippen molar-refractivity contribution in [3.63, 3.8) is 0 Å². The van der Waals surface area contributed by atoms with Crippen molar-refractivity contribution < 1.29 is 4.79 Å². The van der Waals surface area contributed by atoms with Crippen molar-refractivity contribution in [3.05, 3.63) is 35.4 Å². The maximum absolute atomic E-state index is 12.8. The minimum atomic E-state index is -0.174. The van der Waals surface area contributed by atoms with Crippen molar-refractivity contribution in [3.8, 4) is 0 Å². The first kappa shape index (κ1) is 13.6. The van der Waals surface area contributed by atoms with E-state index in [1.807, 2.05) is 0 Å². The first-order chi connectivity index (χ1) is 9.75. The first-order valence-electron chi connectivity index (χ1n) is 7.85. The Kier molecular flexibility index (Phi) is 3.79. The highest BCUT2D eigenvalue weighted by molar-refractivity contribution is 5.83. The summed E-state index contributed by atoms with van der Waals surface area (Å²) in [4.78, 5) is 12.8. The standard InChI is InChI=1S/C17H24N2O/c1-2-9-17(10-11-18-12-17)16(20)19-15-8-7-13-5-3-4-6-14(13)15/h3-6,15,18H,2,7-12H2,1H3,(H,19,20). The number of hydrogen-bond donors (Lipinski definition) is 2. The molecule has 3 rings (SSSR count). The lowest BCUT2D eigenvalue weighted by molar-refractivity contribution is -0.131. The average molecular weight is 272 g/mol. The second kappa shape index (κ2) is 5.57. The Morgan fingerprint density at radius 3 is 3.05 bits per heavy atom. The summed E-state index contributed by atoms with van der Waals surface area (Å²) in [5.41, 5.74) is 2.54. The van der Waals surface area contributed by atoms with Crippen LogP contribution in [-0.2, 0) is 11.2 Å². The van der Waals surface area contributed by atoms with Crippen LogP contribution in [0.5, 0.6) is 0 Å². The molecular weight excluding hydrogens is 248 g/mol. The monoisotopic (exact) mass is 272 g/mol. The summed E-state index contributed by atoms with van der Waals surface area (Å²) in [5.74, 6) is 0.256. The van der Waals surface area contributed by atoms with E-state index in [-0.39, 0.29) is 17.4 Å². The van der Waals surface area contributed by atoms with Crippen LogP contribution >= 0.6 is 0 Å². The van der Waals surface area contributed by atoms with Gasteiger partial charge in [0.1, 0.15) is 0 Å². The predicted molar refractivity (Wildman–Crippen MR) is 80.5 cm³/mol. The van der Waals surface area contributed by atoms with Crippen LogP contribution in [-0.4, -0.2) is 19.0 Å². The van der Waals surface area contributed by atoms with E-state index in [0.717, 1.165) is 45.2 Å². The van der Waals surface area contributed by atoms with Gasteiger partial charge in [-0.2, -0.15) is 0 Å². The van der Waals surface area contributed by atoms with Crippen molar-refractivity contribution in [1.82, 2.24) is 10.6 Å². The Hall–Kier alpha value is -1.35. The maximum atomic E-state index is 12.8. The van der Waals surface area contributed by atoms with E-state index in [1.165, 1.54) is 11.1 Å². The van der Waals surface area contributed by atoms with Gasteiger partial charge < -0.3 is 10.6 Å². The number of carbonyl (C=O) groups is 1. The van der Waals surface area contributed by atoms with Gasteiger partial charge in [0.25, 0.3) is 0 Å². The Labute approximate surface area is 121 Å². The van der Waals surface area contributed by atoms with Gasteiger partial charge >= 0.3 is 0 Å². The molecule has 1 saturated heterocycles. The summed E-state index contributed by atoms with van der Waals surface area (Å²) < 4.78 is 0. The molecule has 0 bridgehead atoms. The highest BCUT2D eigenvalue weighted by Crippen LogP contribution is 2.35. The number of amides is 1. The molecule has 1 amide bonds. The third-order valence-corrected chi connectivity index (χ3v) is 4.89. The smallest absolute Gasteiger partial charge is 0.228 e. The van der Waals surface area contributed by atoms with Crippen LogP contribution < -0.4 is 10.6 Å². The number of rotatable bonds is 4. The van der Waals surface area contributed by atoms with Gasteiger partial charge in [-0.25, -0.2) is 0 Å². The van der Waals surface area contributed by atoms with Crippen LogP contribution in [0.2, 0.25) is 0 Å². The molecule has 1 heterocycles. The third-order valence-electron chi connectivity index (χ3n) is 4.89. The van der Waals surface area contributed by atoms with E-state index in [1.54, 1.807) is 0 Å². The Balaban J connectivity index is 1.73. The number of nitrogens with one attached hydrogen (secondary N) is 2. The lowest BCUT2D eigenvalue weighted by atomic mass is 9.81. The number of hydrogen-bond acceptors (Lipinski definition) is 2. The average Bonchev–Trinajstić information content (AvgIpc) is 3.08. The van der Waals surface area contributed by atoms with Gasteiger partial charge in [-0.1, -0.05) is 37.6 Å². The van der Waals surface area contributed by atoms with E-state index in [9.17, 15) is 4.79 Å². The molecule has 0 aromatic heterocycles. The number of carbonyl (C=O) groups excluding carboxylic acids is 1.